The maximum atomic E-state index is 12.5. The second-order valence-corrected chi connectivity index (χ2v) is 7.68. The SMILES string of the molecule is COc1ccccc1CCN(C)CCCCC(=O)c1ccc2c(c1)C(=O)N(C)C2=O.Cl. The fourth-order valence-corrected chi connectivity index (χ4v) is 3.68. The molecule has 0 N–H and O–H groups in total. The number of unbranched alkanes of at least 4 members (excludes halogenated alkanes) is 1. The lowest BCUT2D eigenvalue weighted by molar-refractivity contribution is 0.0693. The summed E-state index contributed by atoms with van der Waals surface area (Å²) in [5.74, 6) is 0.257. The molecular formula is C24H29ClN2O4. The zero-order valence-corrected chi connectivity index (χ0v) is 19.0. The van der Waals surface area contributed by atoms with Crippen molar-refractivity contribution in [2.45, 2.75) is 25.7 Å². The number of fused-ring (bicyclic) bond motifs is 1. The molecule has 0 saturated heterocycles. The normalized spacial score (nSPS) is 12.7. The van der Waals surface area contributed by atoms with Gasteiger partial charge in [0.15, 0.2) is 5.78 Å². The van der Waals surface area contributed by atoms with Crippen molar-refractivity contribution in [2.75, 3.05) is 34.3 Å². The third-order valence-electron chi connectivity index (χ3n) is 5.56. The van der Waals surface area contributed by atoms with Gasteiger partial charge in [-0.2, -0.15) is 0 Å². The fraction of sp³-hybridized carbons (Fsp3) is 0.375. The molecule has 2 amide bonds. The second kappa shape index (κ2) is 11.1. The molecule has 1 aliphatic rings. The lowest BCUT2D eigenvalue weighted by Crippen LogP contribution is -2.24. The van der Waals surface area contributed by atoms with Crippen LogP contribution in [0.1, 0.15) is 55.9 Å². The van der Waals surface area contributed by atoms with Crippen molar-refractivity contribution >= 4 is 30.0 Å². The minimum Gasteiger partial charge on any atom is -0.496 e. The summed E-state index contributed by atoms with van der Waals surface area (Å²) in [6.07, 6.45) is 3.04. The highest BCUT2D eigenvalue weighted by molar-refractivity contribution is 6.21. The van der Waals surface area contributed by atoms with Crippen LogP contribution in [0.2, 0.25) is 0 Å². The van der Waals surface area contributed by atoms with Crippen molar-refractivity contribution in [2.24, 2.45) is 0 Å². The molecule has 0 aliphatic carbocycles. The molecule has 166 valence electrons. The van der Waals surface area contributed by atoms with E-state index in [1.807, 2.05) is 18.2 Å². The number of likely N-dealkylation sites (N-methyl/N-ethyl adjacent to an activating group) is 1. The number of amides is 2. The van der Waals surface area contributed by atoms with Crippen molar-refractivity contribution < 1.29 is 19.1 Å². The van der Waals surface area contributed by atoms with E-state index >= 15 is 0 Å². The number of halogens is 1. The number of methoxy groups -OCH3 is 1. The van der Waals surface area contributed by atoms with Gasteiger partial charge in [-0.1, -0.05) is 24.3 Å². The lowest BCUT2D eigenvalue weighted by atomic mass is 10.0. The quantitative estimate of drug-likeness (QED) is 0.316. The van der Waals surface area contributed by atoms with Crippen LogP contribution in [0.15, 0.2) is 42.5 Å². The molecule has 0 aromatic heterocycles. The van der Waals surface area contributed by atoms with Crippen LogP contribution < -0.4 is 4.74 Å². The van der Waals surface area contributed by atoms with E-state index in [0.717, 1.165) is 43.0 Å². The first-order chi connectivity index (χ1) is 14.4. The van der Waals surface area contributed by atoms with E-state index < -0.39 is 0 Å². The number of para-hydroxylation sites is 1. The Morgan fingerprint density at radius 1 is 1.00 bits per heavy atom. The monoisotopic (exact) mass is 444 g/mol. The van der Waals surface area contributed by atoms with E-state index in [-0.39, 0.29) is 30.0 Å². The van der Waals surface area contributed by atoms with Crippen molar-refractivity contribution in [3.05, 3.63) is 64.7 Å². The Hall–Kier alpha value is -2.70. The van der Waals surface area contributed by atoms with Gasteiger partial charge in [-0.05, 0) is 56.6 Å². The lowest BCUT2D eigenvalue weighted by Gasteiger charge is -2.17. The van der Waals surface area contributed by atoms with Crippen LogP contribution in [0, 0.1) is 0 Å². The average molecular weight is 445 g/mol. The Balaban J connectivity index is 0.00000341. The molecular weight excluding hydrogens is 416 g/mol. The number of ether oxygens (including phenoxy) is 1. The van der Waals surface area contributed by atoms with Gasteiger partial charge in [-0.3, -0.25) is 19.3 Å². The molecule has 0 fully saturated rings. The number of Topliss-reactive ketones (excluding diaryl/α,β-unsaturated/α-hetero) is 1. The zero-order valence-electron chi connectivity index (χ0n) is 18.2. The van der Waals surface area contributed by atoms with E-state index in [2.05, 4.69) is 18.0 Å². The van der Waals surface area contributed by atoms with Gasteiger partial charge in [-0.15, -0.1) is 12.4 Å². The first-order valence-electron chi connectivity index (χ1n) is 10.2. The van der Waals surface area contributed by atoms with Crippen molar-refractivity contribution in [1.82, 2.24) is 9.80 Å². The number of nitrogens with zero attached hydrogens (tertiary/aromatic N) is 2. The summed E-state index contributed by atoms with van der Waals surface area (Å²) in [7, 11) is 5.22. The molecule has 6 nitrogen and oxygen atoms in total. The molecule has 1 heterocycles. The minimum absolute atomic E-state index is 0. The Kier molecular flexibility index (Phi) is 8.77. The van der Waals surface area contributed by atoms with Crippen molar-refractivity contribution in [3.63, 3.8) is 0 Å². The first kappa shape index (κ1) is 24.6. The third-order valence-corrected chi connectivity index (χ3v) is 5.56. The summed E-state index contributed by atoms with van der Waals surface area (Å²) in [6, 6.07) is 12.8. The number of carbonyl (C=O) groups is 3. The van der Waals surface area contributed by atoms with Crippen LogP contribution in [-0.2, 0) is 6.42 Å². The van der Waals surface area contributed by atoms with E-state index in [0.29, 0.717) is 23.1 Å². The van der Waals surface area contributed by atoms with Crippen molar-refractivity contribution in [1.29, 1.82) is 0 Å². The molecule has 2 aromatic rings. The van der Waals surface area contributed by atoms with Gasteiger partial charge in [0.05, 0.1) is 18.2 Å². The van der Waals surface area contributed by atoms with Gasteiger partial charge < -0.3 is 9.64 Å². The van der Waals surface area contributed by atoms with Gasteiger partial charge in [0.25, 0.3) is 11.8 Å². The molecule has 3 rings (SSSR count). The molecule has 0 saturated carbocycles. The molecule has 0 bridgehead atoms. The van der Waals surface area contributed by atoms with E-state index in [1.54, 1.807) is 25.3 Å². The van der Waals surface area contributed by atoms with Crippen LogP contribution in [0.25, 0.3) is 0 Å². The molecule has 0 unspecified atom stereocenters. The van der Waals surface area contributed by atoms with Crippen molar-refractivity contribution in [3.8, 4) is 5.75 Å². The van der Waals surface area contributed by atoms with Crippen LogP contribution >= 0.6 is 12.4 Å². The molecule has 2 aromatic carbocycles. The standard InChI is InChI=1S/C24H28N2O4.ClH/c1-25(15-13-17-8-4-5-10-22(17)30-3)14-7-6-9-21(27)18-11-12-19-20(16-18)24(29)26(2)23(19)28;/h4-5,8,10-12,16H,6-7,9,13-15H2,1-3H3;1H. The molecule has 7 heteroatoms. The smallest absolute Gasteiger partial charge is 0.261 e. The molecule has 0 radical (unpaired) electrons. The second-order valence-electron chi connectivity index (χ2n) is 7.68. The topological polar surface area (TPSA) is 66.9 Å². The van der Waals surface area contributed by atoms with Gasteiger partial charge in [-0.25, -0.2) is 0 Å². The zero-order chi connectivity index (χ0) is 21.7. The van der Waals surface area contributed by atoms with Gasteiger partial charge in [0, 0.05) is 25.6 Å². The number of rotatable bonds is 10. The predicted molar refractivity (Wildman–Crippen MR) is 122 cm³/mol. The fourth-order valence-electron chi connectivity index (χ4n) is 3.68. The summed E-state index contributed by atoms with van der Waals surface area (Å²) in [5, 5.41) is 0. The summed E-state index contributed by atoms with van der Waals surface area (Å²) in [5.41, 5.74) is 2.38. The maximum Gasteiger partial charge on any atom is 0.261 e. The first-order valence-corrected chi connectivity index (χ1v) is 10.2. The van der Waals surface area contributed by atoms with Gasteiger partial charge in [0.2, 0.25) is 0 Å². The van der Waals surface area contributed by atoms with E-state index in [1.165, 1.54) is 12.6 Å². The number of benzene rings is 2. The van der Waals surface area contributed by atoms with Gasteiger partial charge in [0.1, 0.15) is 5.75 Å². The Labute approximate surface area is 189 Å². The molecule has 0 spiro atoms. The number of carbonyl (C=O) groups excluding carboxylic acids is 3. The van der Waals surface area contributed by atoms with Gasteiger partial charge >= 0.3 is 0 Å². The van der Waals surface area contributed by atoms with E-state index in [4.69, 9.17) is 4.74 Å². The maximum absolute atomic E-state index is 12.5. The predicted octanol–water partition coefficient (Wildman–Crippen LogP) is 3.87. The Morgan fingerprint density at radius 3 is 2.45 bits per heavy atom. The molecule has 1 aliphatic heterocycles. The van der Waals surface area contributed by atoms with Crippen LogP contribution in [0.4, 0.5) is 0 Å². The Morgan fingerprint density at radius 2 is 1.71 bits per heavy atom. The molecule has 31 heavy (non-hydrogen) atoms. The number of ketones is 1. The summed E-state index contributed by atoms with van der Waals surface area (Å²) >= 11 is 0. The highest BCUT2D eigenvalue weighted by Crippen LogP contribution is 2.23. The number of imide groups is 1. The van der Waals surface area contributed by atoms with Crippen LogP contribution in [0.5, 0.6) is 5.75 Å². The van der Waals surface area contributed by atoms with E-state index in [9.17, 15) is 14.4 Å². The summed E-state index contributed by atoms with van der Waals surface area (Å²) in [6.45, 7) is 1.83. The highest BCUT2D eigenvalue weighted by atomic mass is 35.5. The third kappa shape index (κ3) is 5.71. The average Bonchev–Trinajstić information content (AvgIpc) is 2.98. The number of hydrogen-bond donors (Lipinski definition) is 0. The summed E-state index contributed by atoms with van der Waals surface area (Å²) < 4.78 is 5.39. The highest BCUT2D eigenvalue weighted by Gasteiger charge is 2.33. The largest absolute Gasteiger partial charge is 0.496 e. The number of hydrogen-bond acceptors (Lipinski definition) is 5. The Bertz CT molecular complexity index is 960. The summed E-state index contributed by atoms with van der Waals surface area (Å²) in [4.78, 5) is 39.9. The molecule has 0 atom stereocenters. The van der Waals surface area contributed by atoms with Crippen LogP contribution in [0.3, 0.4) is 0 Å². The minimum atomic E-state index is -0.346. The van der Waals surface area contributed by atoms with Crippen LogP contribution in [-0.4, -0.2) is 61.7 Å².